The number of benzene rings is 1. The Kier molecular flexibility index (Phi) is 5.36. The fourth-order valence-electron chi connectivity index (χ4n) is 3.52. The number of rotatable bonds is 5. The highest BCUT2D eigenvalue weighted by Gasteiger charge is 2.25. The monoisotopic (exact) mass is 391 g/mol. The van der Waals surface area contributed by atoms with Crippen molar-refractivity contribution in [3.05, 3.63) is 34.9 Å². The standard InChI is InChI=1S/C18H22BrN3O2/c1-2-21(12-18(23)24)14-6-9-22(10-7-14)17-5-8-20-16-4-3-13(19)11-15(16)17/h3-5,8,11,14H,2,6-7,9-10,12H2,1H3,(H,23,24). The summed E-state index contributed by atoms with van der Waals surface area (Å²) in [5.41, 5.74) is 2.21. The SMILES string of the molecule is CCN(CC(=O)O)C1CCN(c2ccnc3ccc(Br)cc23)CC1. The average molecular weight is 392 g/mol. The number of likely N-dealkylation sites (N-methyl/N-ethyl adjacent to an activating group) is 1. The first kappa shape index (κ1) is 17.2. The third-order valence-corrected chi connectivity index (χ3v) is 5.24. The van der Waals surface area contributed by atoms with E-state index in [-0.39, 0.29) is 6.54 Å². The molecule has 0 amide bonds. The van der Waals surface area contributed by atoms with Crippen LogP contribution in [0.1, 0.15) is 19.8 Å². The van der Waals surface area contributed by atoms with Gasteiger partial charge in [0.25, 0.3) is 0 Å². The lowest BCUT2D eigenvalue weighted by atomic mass is 10.0. The molecule has 0 aliphatic carbocycles. The summed E-state index contributed by atoms with van der Waals surface area (Å²) in [4.78, 5) is 19.9. The van der Waals surface area contributed by atoms with Gasteiger partial charge in [-0.05, 0) is 43.7 Å². The van der Waals surface area contributed by atoms with Gasteiger partial charge < -0.3 is 10.0 Å². The van der Waals surface area contributed by atoms with E-state index in [1.165, 1.54) is 5.69 Å². The van der Waals surface area contributed by atoms with Gasteiger partial charge >= 0.3 is 5.97 Å². The summed E-state index contributed by atoms with van der Waals surface area (Å²) in [6.07, 6.45) is 3.83. The Balaban J connectivity index is 1.75. The summed E-state index contributed by atoms with van der Waals surface area (Å²) in [6.45, 7) is 4.82. The fourth-order valence-corrected chi connectivity index (χ4v) is 3.89. The Bertz CT molecular complexity index is 729. The number of carboxylic acid groups (broad SMARTS) is 1. The Hall–Kier alpha value is -1.66. The zero-order valence-electron chi connectivity index (χ0n) is 13.8. The van der Waals surface area contributed by atoms with Crippen molar-refractivity contribution < 1.29 is 9.90 Å². The van der Waals surface area contributed by atoms with Crippen molar-refractivity contribution in [2.24, 2.45) is 0 Å². The Morgan fingerprint density at radius 1 is 1.38 bits per heavy atom. The van der Waals surface area contributed by atoms with Crippen LogP contribution in [0.3, 0.4) is 0 Å². The van der Waals surface area contributed by atoms with Gasteiger partial charge in [-0.1, -0.05) is 22.9 Å². The molecule has 1 aliphatic heterocycles. The van der Waals surface area contributed by atoms with E-state index in [1.54, 1.807) is 0 Å². The van der Waals surface area contributed by atoms with Crippen LogP contribution in [0.25, 0.3) is 10.9 Å². The number of hydrogen-bond acceptors (Lipinski definition) is 4. The van der Waals surface area contributed by atoms with Crippen LogP contribution in [0.2, 0.25) is 0 Å². The normalized spacial score (nSPS) is 16.0. The van der Waals surface area contributed by atoms with Gasteiger partial charge in [0.2, 0.25) is 0 Å². The topological polar surface area (TPSA) is 56.7 Å². The number of halogens is 1. The van der Waals surface area contributed by atoms with Crippen LogP contribution >= 0.6 is 15.9 Å². The molecular formula is C18H22BrN3O2. The van der Waals surface area contributed by atoms with Crippen molar-refractivity contribution >= 4 is 38.5 Å². The average Bonchev–Trinajstić information content (AvgIpc) is 2.59. The van der Waals surface area contributed by atoms with E-state index in [4.69, 9.17) is 5.11 Å². The van der Waals surface area contributed by atoms with Gasteiger partial charge in [-0.3, -0.25) is 14.7 Å². The molecule has 1 N–H and O–H groups in total. The van der Waals surface area contributed by atoms with Crippen molar-refractivity contribution in [3.63, 3.8) is 0 Å². The summed E-state index contributed by atoms with van der Waals surface area (Å²) in [5.74, 6) is -0.746. The number of carboxylic acids is 1. The predicted molar refractivity (Wildman–Crippen MR) is 99.6 cm³/mol. The van der Waals surface area contributed by atoms with Crippen LogP contribution < -0.4 is 4.90 Å². The van der Waals surface area contributed by atoms with E-state index < -0.39 is 5.97 Å². The number of hydrogen-bond donors (Lipinski definition) is 1. The van der Waals surface area contributed by atoms with Crippen LogP contribution in [0, 0.1) is 0 Å². The third kappa shape index (κ3) is 3.70. The highest BCUT2D eigenvalue weighted by Crippen LogP contribution is 2.30. The number of piperidine rings is 1. The van der Waals surface area contributed by atoms with Crippen LogP contribution in [-0.2, 0) is 4.79 Å². The second kappa shape index (κ2) is 7.49. The molecular weight excluding hydrogens is 370 g/mol. The molecule has 0 atom stereocenters. The van der Waals surface area contributed by atoms with Crippen LogP contribution in [0.5, 0.6) is 0 Å². The smallest absolute Gasteiger partial charge is 0.317 e. The van der Waals surface area contributed by atoms with Gasteiger partial charge in [0.15, 0.2) is 0 Å². The molecule has 128 valence electrons. The van der Waals surface area contributed by atoms with Crippen molar-refractivity contribution in [2.45, 2.75) is 25.8 Å². The highest BCUT2D eigenvalue weighted by atomic mass is 79.9. The molecule has 1 aromatic carbocycles. The molecule has 5 nitrogen and oxygen atoms in total. The summed E-state index contributed by atoms with van der Waals surface area (Å²) < 4.78 is 1.05. The number of nitrogens with zero attached hydrogens (tertiary/aromatic N) is 3. The van der Waals surface area contributed by atoms with Gasteiger partial charge in [0.1, 0.15) is 0 Å². The number of pyridine rings is 1. The first-order chi connectivity index (χ1) is 11.6. The number of carbonyl (C=O) groups is 1. The van der Waals surface area contributed by atoms with E-state index in [0.717, 1.165) is 47.9 Å². The van der Waals surface area contributed by atoms with Gasteiger partial charge in [0.05, 0.1) is 12.1 Å². The van der Waals surface area contributed by atoms with Gasteiger partial charge in [-0.25, -0.2) is 0 Å². The zero-order chi connectivity index (χ0) is 17.1. The number of anilines is 1. The Labute approximate surface area is 150 Å². The van der Waals surface area contributed by atoms with Gasteiger partial charge in [-0.15, -0.1) is 0 Å². The molecule has 0 bridgehead atoms. The lowest BCUT2D eigenvalue weighted by molar-refractivity contribution is -0.139. The highest BCUT2D eigenvalue weighted by molar-refractivity contribution is 9.10. The largest absolute Gasteiger partial charge is 0.480 e. The molecule has 0 spiro atoms. The van der Waals surface area contributed by atoms with E-state index in [1.807, 2.05) is 25.3 Å². The molecule has 6 heteroatoms. The van der Waals surface area contributed by atoms with Crippen molar-refractivity contribution in [2.75, 3.05) is 31.1 Å². The van der Waals surface area contributed by atoms with Crippen LogP contribution in [0.15, 0.2) is 34.9 Å². The second-order valence-corrected chi connectivity index (χ2v) is 7.08. The molecule has 1 aliphatic rings. The van der Waals surface area contributed by atoms with Crippen molar-refractivity contribution in [1.29, 1.82) is 0 Å². The zero-order valence-corrected chi connectivity index (χ0v) is 15.4. The minimum atomic E-state index is -0.746. The van der Waals surface area contributed by atoms with E-state index in [2.05, 4.69) is 42.8 Å². The summed E-state index contributed by atoms with van der Waals surface area (Å²) in [5, 5.41) is 10.2. The Morgan fingerprint density at radius 2 is 2.12 bits per heavy atom. The van der Waals surface area contributed by atoms with E-state index in [0.29, 0.717) is 6.04 Å². The third-order valence-electron chi connectivity index (χ3n) is 4.75. The lowest BCUT2D eigenvalue weighted by Gasteiger charge is -2.38. The number of fused-ring (bicyclic) bond motifs is 1. The molecule has 3 rings (SSSR count). The minimum Gasteiger partial charge on any atom is -0.480 e. The van der Waals surface area contributed by atoms with Gasteiger partial charge in [0, 0.05) is 40.9 Å². The predicted octanol–water partition coefficient (Wildman–Crippen LogP) is 3.37. The molecule has 0 radical (unpaired) electrons. The maximum absolute atomic E-state index is 11.0. The van der Waals surface area contributed by atoms with Crippen LogP contribution in [0.4, 0.5) is 5.69 Å². The quantitative estimate of drug-likeness (QED) is 0.846. The maximum Gasteiger partial charge on any atom is 0.317 e. The summed E-state index contributed by atoms with van der Waals surface area (Å²) in [6, 6.07) is 8.58. The van der Waals surface area contributed by atoms with E-state index in [9.17, 15) is 4.79 Å². The van der Waals surface area contributed by atoms with Crippen molar-refractivity contribution in [1.82, 2.24) is 9.88 Å². The van der Waals surface area contributed by atoms with Crippen molar-refractivity contribution in [3.8, 4) is 0 Å². The Morgan fingerprint density at radius 3 is 2.79 bits per heavy atom. The molecule has 2 heterocycles. The van der Waals surface area contributed by atoms with Crippen LogP contribution in [-0.4, -0.2) is 53.2 Å². The van der Waals surface area contributed by atoms with Gasteiger partial charge in [-0.2, -0.15) is 0 Å². The number of aliphatic carboxylic acids is 1. The molecule has 0 saturated carbocycles. The molecule has 0 unspecified atom stereocenters. The fraction of sp³-hybridized carbons (Fsp3) is 0.444. The van der Waals surface area contributed by atoms with E-state index >= 15 is 0 Å². The molecule has 2 aromatic rings. The second-order valence-electron chi connectivity index (χ2n) is 6.17. The molecule has 1 aromatic heterocycles. The maximum atomic E-state index is 11.0. The summed E-state index contributed by atoms with van der Waals surface area (Å²) >= 11 is 3.54. The first-order valence-corrected chi connectivity index (χ1v) is 9.13. The molecule has 1 saturated heterocycles. The first-order valence-electron chi connectivity index (χ1n) is 8.33. The molecule has 24 heavy (non-hydrogen) atoms. The minimum absolute atomic E-state index is 0.131. The summed E-state index contributed by atoms with van der Waals surface area (Å²) in [7, 11) is 0. The number of aromatic nitrogens is 1. The lowest BCUT2D eigenvalue weighted by Crippen LogP contribution is -2.46. The molecule has 1 fully saturated rings.